The van der Waals surface area contributed by atoms with Crippen LogP contribution in [0, 0.1) is 0 Å². The zero-order chi connectivity index (χ0) is 20.6. The summed E-state index contributed by atoms with van der Waals surface area (Å²) in [6.45, 7) is 6.49. The van der Waals surface area contributed by atoms with Crippen molar-refractivity contribution in [1.82, 2.24) is 9.21 Å². The van der Waals surface area contributed by atoms with E-state index in [2.05, 4.69) is 6.07 Å². The van der Waals surface area contributed by atoms with E-state index in [1.165, 1.54) is 0 Å². The standard InChI is InChI=1S/C22H32N2O4S/c1-3-23(4-2)21(25)15-17-16-22(28-20-8-6-5-7-19(17)20)11-13-24(14-12-22)29(26,27)18-9-10-18/h5-8,17-18H,3-4,9-16H2,1-2H3. The topological polar surface area (TPSA) is 66.9 Å². The van der Waals surface area contributed by atoms with Crippen LogP contribution in [0.15, 0.2) is 24.3 Å². The Morgan fingerprint density at radius 3 is 2.45 bits per heavy atom. The lowest BCUT2D eigenvalue weighted by Gasteiger charge is -2.46. The number of ether oxygens (including phenoxy) is 1. The fraction of sp³-hybridized carbons (Fsp3) is 0.682. The van der Waals surface area contributed by atoms with Gasteiger partial charge in [-0.15, -0.1) is 0 Å². The highest BCUT2D eigenvalue weighted by molar-refractivity contribution is 7.90. The van der Waals surface area contributed by atoms with Crippen LogP contribution in [-0.4, -0.2) is 60.6 Å². The molecule has 1 spiro atoms. The van der Waals surface area contributed by atoms with Crippen molar-refractivity contribution in [3.05, 3.63) is 29.8 Å². The number of carbonyl (C=O) groups is 1. The van der Waals surface area contributed by atoms with Crippen LogP contribution >= 0.6 is 0 Å². The fourth-order valence-corrected chi connectivity index (χ4v) is 6.72. The second-order valence-corrected chi connectivity index (χ2v) is 10.9. The second-order valence-electron chi connectivity index (χ2n) is 8.64. The number of fused-ring (bicyclic) bond motifs is 1. The Morgan fingerprint density at radius 2 is 1.83 bits per heavy atom. The number of rotatable bonds is 6. The van der Waals surface area contributed by atoms with Gasteiger partial charge in [0.25, 0.3) is 0 Å². The summed E-state index contributed by atoms with van der Waals surface area (Å²) in [6, 6.07) is 8.02. The van der Waals surface area contributed by atoms with Gasteiger partial charge in [0.05, 0.1) is 5.25 Å². The maximum atomic E-state index is 12.8. The number of hydrogen-bond donors (Lipinski definition) is 0. The van der Waals surface area contributed by atoms with E-state index in [9.17, 15) is 13.2 Å². The summed E-state index contributed by atoms with van der Waals surface area (Å²) in [5, 5.41) is -0.163. The third-order valence-electron chi connectivity index (χ3n) is 6.78. The third kappa shape index (κ3) is 4.04. The molecule has 1 amide bonds. The number of amides is 1. The van der Waals surface area contributed by atoms with Crippen LogP contribution in [0.3, 0.4) is 0 Å². The Balaban J connectivity index is 1.52. The molecule has 2 aliphatic heterocycles. The molecule has 0 radical (unpaired) electrons. The zero-order valence-corrected chi connectivity index (χ0v) is 18.3. The summed E-state index contributed by atoms with van der Waals surface area (Å²) in [4.78, 5) is 14.7. The Bertz CT molecular complexity index is 853. The van der Waals surface area contributed by atoms with Gasteiger partial charge in [0.15, 0.2) is 0 Å². The molecule has 160 valence electrons. The van der Waals surface area contributed by atoms with Crippen molar-refractivity contribution in [1.29, 1.82) is 0 Å². The molecular weight excluding hydrogens is 388 g/mol. The predicted molar refractivity (Wildman–Crippen MR) is 112 cm³/mol. The van der Waals surface area contributed by atoms with Gasteiger partial charge in [-0.3, -0.25) is 4.79 Å². The van der Waals surface area contributed by atoms with Gasteiger partial charge < -0.3 is 9.64 Å². The van der Waals surface area contributed by atoms with Crippen molar-refractivity contribution >= 4 is 15.9 Å². The summed E-state index contributed by atoms with van der Waals surface area (Å²) in [7, 11) is -3.14. The Hall–Kier alpha value is -1.60. The molecule has 6 nitrogen and oxygen atoms in total. The van der Waals surface area contributed by atoms with Crippen LogP contribution in [0.5, 0.6) is 5.75 Å². The van der Waals surface area contributed by atoms with E-state index in [0.717, 1.165) is 43.7 Å². The summed E-state index contributed by atoms with van der Waals surface area (Å²) >= 11 is 0. The van der Waals surface area contributed by atoms with E-state index in [4.69, 9.17) is 4.74 Å². The molecule has 1 aromatic rings. The van der Waals surface area contributed by atoms with Gasteiger partial charge in [-0.2, -0.15) is 0 Å². The first-order valence-corrected chi connectivity index (χ1v) is 12.4. The van der Waals surface area contributed by atoms with Crippen molar-refractivity contribution in [2.24, 2.45) is 0 Å². The predicted octanol–water partition coefficient (Wildman–Crippen LogP) is 3.14. The minimum Gasteiger partial charge on any atom is -0.487 e. The number of piperidine rings is 1. The van der Waals surface area contributed by atoms with Crippen LogP contribution in [0.4, 0.5) is 0 Å². The molecule has 1 saturated carbocycles. The molecule has 1 aromatic carbocycles. The molecule has 2 fully saturated rings. The maximum Gasteiger partial charge on any atom is 0.223 e. The maximum absolute atomic E-state index is 12.8. The molecule has 0 bridgehead atoms. The average Bonchev–Trinajstić information content (AvgIpc) is 3.55. The van der Waals surface area contributed by atoms with Gasteiger partial charge in [0.2, 0.25) is 15.9 Å². The lowest BCUT2D eigenvalue weighted by atomic mass is 9.76. The molecule has 2 heterocycles. The van der Waals surface area contributed by atoms with Crippen LogP contribution < -0.4 is 4.74 Å². The van der Waals surface area contributed by atoms with Crippen LogP contribution in [0.2, 0.25) is 0 Å². The number of carbonyl (C=O) groups excluding carboxylic acids is 1. The molecule has 0 N–H and O–H groups in total. The molecular formula is C22H32N2O4S. The van der Waals surface area contributed by atoms with E-state index in [0.29, 0.717) is 32.4 Å². The zero-order valence-electron chi connectivity index (χ0n) is 17.5. The Kier molecular flexibility index (Phi) is 5.64. The third-order valence-corrected chi connectivity index (χ3v) is 9.18. The van der Waals surface area contributed by atoms with Crippen LogP contribution in [0.25, 0.3) is 0 Å². The fourth-order valence-electron chi connectivity index (χ4n) is 4.87. The van der Waals surface area contributed by atoms with Crippen molar-refractivity contribution in [3.63, 3.8) is 0 Å². The highest BCUT2D eigenvalue weighted by Crippen LogP contribution is 2.47. The summed E-state index contributed by atoms with van der Waals surface area (Å²) in [5.74, 6) is 1.15. The van der Waals surface area contributed by atoms with E-state index in [1.54, 1.807) is 4.31 Å². The number of hydrogen-bond acceptors (Lipinski definition) is 4. The summed E-state index contributed by atoms with van der Waals surface area (Å²) in [6.07, 6.45) is 4.21. The van der Waals surface area contributed by atoms with E-state index < -0.39 is 10.0 Å². The molecule has 1 unspecified atom stereocenters. The quantitative estimate of drug-likeness (QED) is 0.709. The lowest BCUT2D eigenvalue weighted by Crippen LogP contribution is -2.52. The molecule has 1 atom stereocenters. The van der Waals surface area contributed by atoms with Crippen molar-refractivity contribution in [3.8, 4) is 5.75 Å². The Labute approximate surface area is 174 Å². The number of benzene rings is 1. The second kappa shape index (κ2) is 7.91. The highest BCUT2D eigenvalue weighted by Gasteiger charge is 2.48. The lowest BCUT2D eigenvalue weighted by molar-refractivity contribution is -0.131. The smallest absolute Gasteiger partial charge is 0.223 e. The number of para-hydroxylation sites is 1. The molecule has 3 aliphatic rings. The van der Waals surface area contributed by atoms with Gasteiger partial charge in [-0.1, -0.05) is 18.2 Å². The summed E-state index contributed by atoms with van der Waals surface area (Å²) < 4.78 is 33.3. The number of sulfonamides is 1. The summed E-state index contributed by atoms with van der Waals surface area (Å²) in [5.41, 5.74) is 0.727. The Morgan fingerprint density at radius 1 is 1.17 bits per heavy atom. The SMILES string of the molecule is CCN(CC)C(=O)CC1CC2(CCN(S(=O)(=O)C3CC3)CC2)Oc2ccccc21. The van der Waals surface area contributed by atoms with Crippen molar-refractivity contribution in [2.45, 2.75) is 69.1 Å². The van der Waals surface area contributed by atoms with Gasteiger partial charge in [-0.25, -0.2) is 12.7 Å². The number of nitrogens with zero attached hydrogens (tertiary/aromatic N) is 2. The molecule has 1 aliphatic carbocycles. The van der Waals surface area contributed by atoms with Crippen molar-refractivity contribution in [2.75, 3.05) is 26.2 Å². The minimum absolute atomic E-state index is 0.111. The highest BCUT2D eigenvalue weighted by atomic mass is 32.2. The van der Waals surface area contributed by atoms with Crippen molar-refractivity contribution < 1.29 is 17.9 Å². The molecule has 29 heavy (non-hydrogen) atoms. The van der Waals surface area contributed by atoms with Crippen LogP contribution in [-0.2, 0) is 14.8 Å². The first-order chi connectivity index (χ1) is 13.9. The largest absolute Gasteiger partial charge is 0.487 e. The molecule has 1 saturated heterocycles. The van der Waals surface area contributed by atoms with E-state index in [1.807, 2.05) is 36.9 Å². The first kappa shape index (κ1) is 20.7. The monoisotopic (exact) mass is 420 g/mol. The molecule has 4 rings (SSSR count). The van der Waals surface area contributed by atoms with E-state index >= 15 is 0 Å². The molecule has 7 heteroatoms. The van der Waals surface area contributed by atoms with Gasteiger partial charge in [0, 0.05) is 51.4 Å². The normalized spacial score (nSPS) is 24.0. The first-order valence-electron chi connectivity index (χ1n) is 10.9. The molecule has 0 aromatic heterocycles. The van der Waals surface area contributed by atoms with E-state index in [-0.39, 0.29) is 22.7 Å². The van der Waals surface area contributed by atoms with Gasteiger partial charge >= 0.3 is 0 Å². The average molecular weight is 421 g/mol. The van der Waals surface area contributed by atoms with Gasteiger partial charge in [-0.05, 0) is 44.7 Å². The van der Waals surface area contributed by atoms with Crippen LogP contribution in [0.1, 0.15) is 63.9 Å². The van der Waals surface area contributed by atoms with Gasteiger partial charge in [0.1, 0.15) is 11.4 Å². The minimum atomic E-state index is -3.14.